The van der Waals surface area contributed by atoms with Crippen LogP contribution in [0.1, 0.15) is 39.2 Å². The van der Waals surface area contributed by atoms with Gasteiger partial charge in [-0.2, -0.15) is 4.31 Å². The molecule has 0 bridgehead atoms. The number of benzene rings is 1. The van der Waals surface area contributed by atoms with Crippen LogP contribution in [0.15, 0.2) is 29.2 Å². The highest BCUT2D eigenvalue weighted by Gasteiger charge is 2.43. The fourth-order valence-electron chi connectivity index (χ4n) is 2.99. The smallest absolute Gasteiger partial charge is 0.323 e. The zero-order valence-electron chi connectivity index (χ0n) is 15.9. The first-order valence-corrected chi connectivity index (χ1v) is 10.2. The first kappa shape index (κ1) is 21.3. The average molecular weight is 398 g/mol. The van der Waals surface area contributed by atoms with E-state index in [9.17, 15) is 28.2 Å². The number of nitrogens with zero attached hydrogens (tertiary/aromatic N) is 2. The van der Waals surface area contributed by atoms with Gasteiger partial charge in [0, 0.05) is 19.6 Å². The van der Waals surface area contributed by atoms with Crippen LogP contribution in [0, 0.1) is 0 Å². The molecule has 1 aliphatic heterocycles. The summed E-state index contributed by atoms with van der Waals surface area (Å²) in [7, 11) is -4.03. The number of carboxylic acids is 1. The Morgan fingerprint density at radius 1 is 1.15 bits per heavy atom. The van der Waals surface area contributed by atoms with Crippen LogP contribution in [0.3, 0.4) is 0 Å². The lowest BCUT2D eigenvalue weighted by Crippen LogP contribution is -2.61. The monoisotopic (exact) mass is 398 g/mol. The Hall–Kier alpha value is -1.97. The Labute approximate surface area is 159 Å². The molecule has 1 atom stereocenters. The number of rotatable bonds is 5. The van der Waals surface area contributed by atoms with E-state index < -0.39 is 33.5 Å². The molecule has 1 fully saturated rings. The van der Waals surface area contributed by atoms with E-state index in [0.29, 0.717) is 0 Å². The van der Waals surface area contributed by atoms with Gasteiger partial charge in [0.25, 0.3) is 5.91 Å². The highest BCUT2D eigenvalue weighted by atomic mass is 32.2. The zero-order valence-corrected chi connectivity index (χ0v) is 16.7. The Bertz CT molecular complexity index is 811. The number of carbonyl (C=O) groups excluding carboxylic acids is 1. The quantitative estimate of drug-likeness (QED) is 0.760. The number of amides is 1. The van der Waals surface area contributed by atoms with Gasteiger partial charge >= 0.3 is 5.97 Å². The summed E-state index contributed by atoms with van der Waals surface area (Å²) in [6.45, 7) is 6.13. The van der Waals surface area contributed by atoms with Crippen molar-refractivity contribution in [2.75, 3.05) is 19.6 Å². The standard InChI is InChI=1S/C18H26N2O6S/c1-12(2)13-5-7-14(8-6-13)27(25,26)20-10-9-19(11-15(20)16(21)22)17(23)18(3,4)24/h5-8,12,15,24H,9-11H2,1-4H3,(H,21,22). The van der Waals surface area contributed by atoms with Crippen molar-refractivity contribution in [2.24, 2.45) is 0 Å². The minimum absolute atomic E-state index is 0.00983. The Balaban J connectivity index is 2.31. The van der Waals surface area contributed by atoms with E-state index in [-0.39, 0.29) is 30.4 Å². The van der Waals surface area contributed by atoms with E-state index in [1.54, 1.807) is 12.1 Å². The maximum absolute atomic E-state index is 13.0. The predicted octanol–water partition coefficient (Wildman–Crippen LogP) is 0.867. The molecule has 1 aliphatic rings. The lowest BCUT2D eigenvalue weighted by molar-refractivity contribution is -0.153. The van der Waals surface area contributed by atoms with Crippen molar-refractivity contribution < 1.29 is 28.2 Å². The first-order chi connectivity index (χ1) is 12.4. The van der Waals surface area contributed by atoms with Crippen molar-refractivity contribution in [1.82, 2.24) is 9.21 Å². The Kier molecular flexibility index (Phi) is 5.98. The molecule has 1 aromatic rings. The minimum atomic E-state index is -4.03. The Morgan fingerprint density at radius 3 is 2.15 bits per heavy atom. The average Bonchev–Trinajstić information content (AvgIpc) is 2.59. The van der Waals surface area contributed by atoms with Gasteiger partial charge < -0.3 is 15.1 Å². The summed E-state index contributed by atoms with van der Waals surface area (Å²) in [6, 6.07) is 4.94. The molecule has 1 saturated heterocycles. The fraction of sp³-hybridized carbons (Fsp3) is 0.556. The van der Waals surface area contributed by atoms with E-state index in [1.807, 2.05) is 13.8 Å². The number of sulfonamides is 1. The van der Waals surface area contributed by atoms with E-state index in [0.717, 1.165) is 9.87 Å². The van der Waals surface area contributed by atoms with Crippen LogP contribution in [-0.2, 0) is 19.6 Å². The molecular formula is C18H26N2O6S. The summed E-state index contributed by atoms with van der Waals surface area (Å²) in [4.78, 5) is 25.1. The lowest BCUT2D eigenvalue weighted by Gasteiger charge is -2.40. The summed E-state index contributed by atoms with van der Waals surface area (Å²) < 4.78 is 26.8. The number of hydrogen-bond acceptors (Lipinski definition) is 5. The molecule has 1 heterocycles. The van der Waals surface area contributed by atoms with E-state index in [1.165, 1.54) is 30.9 Å². The second kappa shape index (κ2) is 7.57. The van der Waals surface area contributed by atoms with Crippen LogP contribution in [0.5, 0.6) is 0 Å². The topological polar surface area (TPSA) is 115 Å². The molecular weight excluding hydrogens is 372 g/mol. The van der Waals surface area contributed by atoms with Gasteiger partial charge in [-0.3, -0.25) is 9.59 Å². The van der Waals surface area contributed by atoms with Crippen molar-refractivity contribution >= 4 is 21.9 Å². The first-order valence-electron chi connectivity index (χ1n) is 8.72. The summed E-state index contributed by atoms with van der Waals surface area (Å²) in [5.41, 5.74) is -0.680. The van der Waals surface area contributed by atoms with E-state index >= 15 is 0 Å². The Morgan fingerprint density at radius 2 is 1.70 bits per heavy atom. The summed E-state index contributed by atoms with van der Waals surface area (Å²) in [6.07, 6.45) is 0. The molecule has 27 heavy (non-hydrogen) atoms. The molecule has 0 aliphatic carbocycles. The van der Waals surface area contributed by atoms with Crippen LogP contribution in [-0.4, -0.2) is 71.0 Å². The van der Waals surface area contributed by atoms with E-state index in [2.05, 4.69) is 0 Å². The number of hydrogen-bond donors (Lipinski definition) is 2. The van der Waals surface area contributed by atoms with Gasteiger partial charge in [0.15, 0.2) is 0 Å². The predicted molar refractivity (Wildman–Crippen MR) is 98.7 cm³/mol. The molecule has 9 heteroatoms. The SMILES string of the molecule is CC(C)c1ccc(S(=O)(=O)N2CCN(C(=O)C(C)(C)O)CC2C(=O)O)cc1. The molecule has 2 N–H and O–H groups in total. The molecule has 0 aromatic heterocycles. The summed E-state index contributed by atoms with van der Waals surface area (Å²) >= 11 is 0. The summed E-state index contributed by atoms with van der Waals surface area (Å²) in [5, 5.41) is 19.4. The second-order valence-corrected chi connectivity index (χ2v) is 9.39. The largest absolute Gasteiger partial charge is 0.480 e. The third kappa shape index (κ3) is 4.48. The lowest BCUT2D eigenvalue weighted by atomic mass is 10.0. The number of aliphatic hydroxyl groups is 1. The molecule has 0 spiro atoms. The van der Waals surface area contributed by atoms with Gasteiger partial charge in [-0.15, -0.1) is 0 Å². The number of aliphatic carboxylic acids is 1. The van der Waals surface area contributed by atoms with Gasteiger partial charge in [-0.25, -0.2) is 8.42 Å². The van der Waals surface area contributed by atoms with Crippen molar-refractivity contribution in [3.05, 3.63) is 29.8 Å². The fourth-order valence-corrected chi connectivity index (χ4v) is 4.55. The van der Waals surface area contributed by atoms with Crippen molar-refractivity contribution in [3.8, 4) is 0 Å². The zero-order chi connectivity index (χ0) is 20.6. The number of piperazine rings is 1. The molecule has 1 unspecified atom stereocenters. The van der Waals surface area contributed by atoms with Gasteiger partial charge in [0.2, 0.25) is 10.0 Å². The molecule has 0 saturated carbocycles. The maximum Gasteiger partial charge on any atom is 0.323 e. The van der Waals surface area contributed by atoms with Crippen molar-refractivity contribution in [3.63, 3.8) is 0 Å². The van der Waals surface area contributed by atoms with Gasteiger partial charge in [0.05, 0.1) is 4.90 Å². The van der Waals surface area contributed by atoms with Gasteiger partial charge in [0.1, 0.15) is 11.6 Å². The van der Waals surface area contributed by atoms with Gasteiger partial charge in [-0.1, -0.05) is 26.0 Å². The molecule has 1 amide bonds. The third-order valence-corrected chi connectivity index (χ3v) is 6.50. The van der Waals surface area contributed by atoms with Crippen LogP contribution >= 0.6 is 0 Å². The molecule has 150 valence electrons. The molecule has 8 nitrogen and oxygen atoms in total. The normalized spacial score (nSPS) is 19.3. The van der Waals surface area contributed by atoms with Crippen LogP contribution in [0.25, 0.3) is 0 Å². The van der Waals surface area contributed by atoms with Crippen LogP contribution in [0.4, 0.5) is 0 Å². The van der Waals surface area contributed by atoms with Crippen molar-refractivity contribution in [1.29, 1.82) is 0 Å². The highest BCUT2D eigenvalue weighted by molar-refractivity contribution is 7.89. The van der Waals surface area contributed by atoms with Crippen LogP contribution in [0.2, 0.25) is 0 Å². The third-order valence-electron chi connectivity index (χ3n) is 4.58. The minimum Gasteiger partial charge on any atom is -0.480 e. The molecule has 0 radical (unpaired) electrons. The maximum atomic E-state index is 13.0. The molecule has 2 rings (SSSR count). The number of carboxylic acid groups (broad SMARTS) is 1. The number of carbonyl (C=O) groups is 2. The van der Waals surface area contributed by atoms with Gasteiger partial charge in [-0.05, 0) is 37.5 Å². The van der Waals surface area contributed by atoms with Crippen molar-refractivity contribution in [2.45, 2.75) is 50.2 Å². The van der Waals surface area contributed by atoms with E-state index in [4.69, 9.17) is 0 Å². The second-order valence-electron chi connectivity index (χ2n) is 7.50. The highest BCUT2D eigenvalue weighted by Crippen LogP contribution is 2.25. The van der Waals surface area contributed by atoms with Crippen LogP contribution < -0.4 is 0 Å². The molecule has 1 aromatic carbocycles. The summed E-state index contributed by atoms with van der Waals surface area (Å²) in [5.74, 6) is -1.73.